The van der Waals surface area contributed by atoms with E-state index >= 15 is 0 Å². The number of carbonyl (C=O) groups is 1. The fourth-order valence-electron chi connectivity index (χ4n) is 3.04. The van der Waals surface area contributed by atoms with E-state index in [4.69, 9.17) is 9.47 Å². The second-order valence-electron chi connectivity index (χ2n) is 5.67. The summed E-state index contributed by atoms with van der Waals surface area (Å²) in [7, 11) is 1.42. The molecule has 0 N–H and O–H groups in total. The van der Waals surface area contributed by atoms with E-state index in [0.29, 0.717) is 0 Å². The molecule has 2 aromatic rings. The number of thiophene rings is 1. The van der Waals surface area contributed by atoms with Gasteiger partial charge in [0.2, 0.25) is 5.60 Å². The molecule has 1 fully saturated rings. The third-order valence-electron chi connectivity index (χ3n) is 4.23. The predicted octanol–water partition coefficient (Wildman–Crippen LogP) is 3.71. The predicted molar refractivity (Wildman–Crippen MR) is 79.8 cm³/mol. The first-order chi connectivity index (χ1) is 9.45. The maximum atomic E-state index is 12.2. The minimum absolute atomic E-state index is 0.0603. The summed E-state index contributed by atoms with van der Waals surface area (Å²) < 4.78 is 12.1. The lowest BCUT2D eigenvalue weighted by atomic mass is 9.83. The van der Waals surface area contributed by atoms with Crippen LogP contribution in [0.2, 0.25) is 0 Å². The molecule has 0 saturated carbocycles. The summed E-state index contributed by atoms with van der Waals surface area (Å²) in [6.45, 7) is 5.97. The van der Waals surface area contributed by atoms with Crippen LogP contribution >= 0.6 is 11.3 Å². The minimum atomic E-state index is -0.859. The van der Waals surface area contributed by atoms with E-state index in [1.165, 1.54) is 17.2 Å². The second kappa shape index (κ2) is 4.30. The number of ether oxygens (including phenoxy) is 2. The number of esters is 1. The lowest BCUT2D eigenvalue weighted by molar-refractivity contribution is -0.148. The Morgan fingerprint density at radius 2 is 2.05 bits per heavy atom. The highest BCUT2D eigenvalue weighted by Crippen LogP contribution is 2.61. The van der Waals surface area contributed by atoms with Gasteiger partial charge in [-0.2, -0.15) is 0 Å². The van der Waals surface area contributed by atoms with Crippen molar-refractivity contribution in [2.75, 3.05) is 7.11 Å². The molecule has 0 amide bonds. The van der Waals surface area contributed by atoms with Crippen molar-refractivity contribution in [3.63, 3.8) is 0 Å². The Morgan fingerprint density at radius 3 is 2.65 bits per heavy atom. The van der Waals surface area contributed by atoms with Gasteiger partial charge in [0.1, 0.15) is 5.60 Å². The van der Waals surface area contributed by atoms with E-state index < -0.39 is 11.2 Å². The van der Waals surface area contributed by atoms with Crippen LogP contribution in [-0.4, -0.2) is 18.7 Å². The van der Waals surface area contributed by atoms with E-state index in [0.717, 1.165) is 4.88 Å². The smallest absolute Gasteiger partial charge is 0.341 e. The highest BCUT2D eigenvalue weighted by atomic mass is 32.1. The van der Waals surface area contributed by atoms with Crippen LogP contribution in [0.3, 0.4) is 0 Å². The van der Waals surface area contributed by atoms with E-state index in [9.17, 15) is 4.79 Å². The van der Waals surface area contributed by atoms with Gasteiger partial charge in [-0.3, -0.25) is 0 Å². The summed E-state index contributed by atoms with van der Waals surface area (Å²) in [4.78, 5) is 13.3. The van der Waals surface area contributed by atoms with Gasteiger partial charge in [0, 0.05) is 9.58 Å². The Balaban J connectivity index is 2.07. The standard InChI is InChI=1S/C16H18O3S/c1-10(2)16(14(17)18-4)15(3,19-16)13-9-11-7-5-6-8-12(11)20-13/h5-10H,1-4H3. The number of methoxy groups -OCH3 is 1. The van der Waals surface area contributed by atoms with Gasteiger partial charge in [-0.15, -0.1) is 11.3 Å². The molecular weight excluding hydrogens is 272 g/mol. The third kappa shape index (κ3) is 1.58. The monoisotopic (exact) mass is 290 g/mol. The topological polar surface area (TPSA) is 38.8 Å². The minimum Gasteiger partial charge on any atom is -0.467 e. The van der Waals surface area contributed by atoms with Gasteiger partial charge in [0.25, 0.3) is 0 Å². The number of hydrogen-bond acceptors (Lipinski definition) is 4. The molecular formula is C16H18O3S. The molecule has 4 heteroatoms. The summed E-state index contributed by atoms with van der Waals surface area (Å²) >= 11 is 1.68. The molecule has 0 bridgehead atoms. The third-order valence-corrected chi connectivity index (χ3v) is 5.55. The Labute approximate surface area is 122 Å². The molecule has 1 saturated heterocycles. The van der Waals surface area contributed by atoms with Crippen molar-refractivity contribution < 1.29 is 14.3 Å². The normalized spacial score (nSPS) is 28.9. The largest absolute Gasteiger partial charge is 0.467 e. The summed E-state index contributed by atoms with van der Waals surface area (Å²) in [5.41, 5.74) is -1.44. The fraction of sp³-hybridized carbons (Fsp3) is 0.438. The van der Waals surface area contributed by atoms with E-state index in [-0.39, 0.29) is 11.9 Å². The van der Waals surface area contributed by atoms with Crippen LogP contribution in [-0.2, 0) is 19.9 Å². The lowest BCUT2D eigenvalue weighted by Crippen LogP contribution is -2.37. The molecule has 3 nitrogen and oxygen atoms in total. The number of rotatable bonds is 3. The van der Waals surface area contributed by atoms with E-state index in [1.807, 2.05) is 32.9 Å². The first-order valence-corrected chi connectivity index (χ1v) is 7.55. The molecule has 106 valence electrons. The van der Waals surface area contributed by atoms with Gasteiger partial charge in [0.15, 0.2) is 0 Å². The van der Waals surface area contributed by atoms with Crippen LogP contribution in [0.15, 0.2) is 30.3 Å². The molecule has 2 atom stereocenters. The van der Waals surface area contributed by atoms with Crippen LogP contribution in [0.4, 0.5) is 0 Å². The molecule has 1 aliphatic heterocycles. The van der Waals surface area contributed by atoms with Crippen molar-refractivity contribution in [3.8, 4) is 0 Å². The van der Waals surface area contributed by atoms with Crippen LogP contribution in [0, 0.1) is 5.92 Å². The Bertz CT molecular complexity index is 642. The number of benzene rings is 1. The van der Waals surface area contributed by atoms with E-state index in [2.05, 4.69) is 18.2 Å². The van der Waals surface area contributed by atoms with Crippen molar-refractivity contribution in [1.82, 2.24) is 0 Å². The maximum absolute atomic E-state index is 12.2. The molecule has 0 radical (unpaired) electrons. The lowest BCUT2D eigenvalue weighted by Gasteiger charge is -2.17. The van der Waals surface area contributed by atoms with Crippen LogP contribution in [0.25, 0.3) is 10.1 Å². The average molecular weight is 290 g/mol. The Morgan fingerprint density at radius 1 is 1.35 bits per heavy atom. The average Bonchev–Trinajstić information content (AvgIpc) is 2.88. The van der Waals surface area contributed by atoms with Crippen LogP contribution in [0.5, 0.6) is 0 Å². The van der Waals surface area contributed by atoms with Crippen LogP contribution < -0.4 is 0 Å². The highest BCUT2D eigenvalue weighted by molar-refractivity contribution is 7.19. The molecule has 1 aromatic heterocycles. The van der Waals surface area contributed by atoms with Gasteiger partial charge >= 0.3 is 5.97 Å². The van der Waals surface area contributed by atoms with Crippen molar-refractivity contribution in [2.24, 2.45) is 5.92 Å². The van der Waals surface area contributed by atoms with Crippen molar-refractivity contribution >= 4 is 27.4 Å². The summed E-state index contributed by atoms with van der Waals surface area (Å²) in [6, 6.07) is 10.3. The summed E-state index contributed by atoms with van der Waals surface area (Å²) in [5, 5.41) is 1.19. The Kier molecular flexibility index (Phi) is 2.92. The van der Waals surface area contributed by atoms with Gasteiger partial charge in [-0.25, -0.2) is 4.79 Å². The summed E-state index contributed by atoms with van der Waals surface area (Å²) in [6.07, 6.45) is 0. The van der Waals surface area contributed by atoms with Gasteiger partial charge < -0.3 is 9.47 Å². The zero-order chi connectivity index (χ0) is 14.5. The second-order valence-corrected chi connectivity index (χ2v) is 6.75. The quantitative estimate of drug-likeness (QED) is 0.639. The first-order valence-electron chi connectivity index (χ1n) is 6.73. The number of carbonyl (C=O) groups excluding carboxylic acids is 1. The molecule has 2 heterocycles. The fourth-order valence-corrected chi connectivity index (χ4v) is 4.24. The molecule has 1 aromatic carbocycles. The van der Waals surface area contributed by atoms with Gasteiger partial charge in [-0.05, 0) is 30.4 Å². The molecule has 0 aliphatic carbocycles. The van der Waals surface area contributed by atoms with Crippen molar-refractivity contribution in [3.05, 3.63) is 35.2 Å². The van der Waals surface area contributed by atoms with E-state index in [1.54, 1.807) is 11.3 Å². The first kappa shape index (κ1) is 13.6. The van der Waals surface area contributed by atoms with Gasteiger partial charge in [-0.1, -0.05) is 32.0 Å². The maximum Gasteiger partial charge on any atom is 0.341 e. The number of fused-ring (bicyclic) bond motifs is 1. The molecule has 2 unspecified atom stereocenters. The highest BCUT2D eigenvalue weighted by Gasteiger charge is 2.75. The van der Waals surface area contributed by atoms with Gasteiger partial charge in [0.05, 0.1) is 7.11 Å². The zero-order valence-electron chi connectivity index (χ0n) is 12.1. The molecule has 1 aliphatic rings. The molecule has 3 rings (SSSR count). The summed E-state index contributed by atoms with van der Waals surface area (Å²) in [5.74, 6) is -0.224. The Hall–Kier alpha value is -1.39. The van der Waals surface area contributed by atoms with Crippen LogP contribution in [0.1, 0.15) is 25.6 Å². The SMILES string of the molecule is COC(=O)C1(C(C)C)OC1(C)c1cc2ccccc2s1. The number of hydrogen-bond donors (Lipinski definition) is 0. The van der Waals surface area contributed by atoms with Crippen molar-refractivity contribution in [1.29, 1.82) is 0 Å². The number of epoxide rings is 1. The zero-order valence-corrected chi connectivity index (χ0v) is 12.9. The molecule has 0 spiro atoms. The molecule has 20 heavy (non-hydrogen) atoms. The van der Waals surface area contributed by atoms with Crippen molar-refractivity contribution in [2.45, 2.75) is 32.0 Å².